The molecule has 43 heavy (non-hydrogen) atoms. The van der Waals surface area contributed by atoms with E-state index >= 15 is 0 Å². The summed E-state index contributed by atoms with van der Waals surface area (Å²) < 4.78 is 0. The van der Waals surface area contributed by atoms with Gasteiger partial charge in [-0.05, 0) is 13.8 Å². The highest BCUT2D eigenvalue weighted by Crippen LogP contribution is 1.83. The lowest BCUT2D eigenvalue weighted by Gasteiger charge is -2.14. The van der Waals surface area contributed by atoms with Crippen LogP contribution in [0.2, 0.25) is 0 Å². The lowest BCUT2D eigenvalue weighted by molar-refractivity contribution is -0.138. The van der Waals surface area contributed by atoms with Gasteiger partial charge in [0.15, 0.2) is 0 Å². The van der Waals surface area contributed by atoms with E-state index in [-0.39, 0.29) is 0 Å². The van der Waals surface area contributed by atoms with Crippen LogP contribution in [0.4, 0.5) is 0 Å². The van der Waals surface area contributed by atoms with Crippen molar-refractivity contribution in [2.75, 3.05) is 52.4 Å². The number of carbonyl (C=O) groups excluding carboxylic acids is 9. The first-order valence-corrected chi connectivity index (χ1v) is 12.5. The van der Waals surface area contributed by atoms with Crippen LogP contribution in [0, 0.1) is 0 Å². The topological polar surface area (TPSA) is 325 Å². The molecule has 0 radical (unpaired) electrons. The van der Waals surface area contributed by atoms with Gasteiger partial charge in [0.1, 0.15) is 12.6 Å². The summed E-state index contributed by atoms with van der Waals surface area (Å²) in [7, 11) is 0. The summed E-state index contributed by atoms with van der Waals surface area (Å²) in [5.74, 6) is -7.75. The third-order valence-electron chi connectivity index (χ3n) is 4.70. The normalized spacial score (nSPS) is 11.3. The number of carbonyl (C=O) groups is 10. The Morgan fingerprint density at radius 3 is 1.07 bits per heavy atom. The summed E-state index contributed by atoms with van der Waals surface area (Å²) in [5, 5.41) is 28.1. The minimum Gasteiger partial charge on any atom is -0.480 e. The minimum atomic E-state index is -1.27. The average molecular weight is 617 g/mol. The molecule has 0 unspecified atom stereocenters. The zero-order valence-corrected chi connectivity index (χ0v) is 23.4. The number of amides is 9. The largest absolute Gasteiger partial charge is 0.480 e. The summed E-state index contributed by atoms with van der Waals surface area (Å²) in [6, 6.07) is -1.93. The van der Waals surface area contributed by atoms with Crippen molar-refractivity contribution >= 4 is 59.1 Å². The fourth-order valence-electron chi connectivity index (χ4n) is 2.45. The molecule has 0 aromatic rings. The summed E-state index contributed by atoms with van der Waals surface area (Å²) in [6.07, 6.45) is 0. The van der Waals surface area contributed by atoms with E-state index in [1.165, 1.54) is 13.8 Å². The molecule has 0 aliphatic carbocycles. The Bertz CT molecular complexity index is 1080. The molecule has 0 heterocycles. The first kappa shape index (κ1) is 37.7. The summed E-state index contributed by atoms with van der Waals surface area (Å²) in [6.45, 7) is -1.44. The SMILES string of the molecule is C[C@H](N)C(=O)NCC(=O)NCC(=O)NCC(=O)NCC(=O)N[C@@H](C)C(=O)NCC(=O)NCC(=O)NCC(=O)NCC(=O)O. The summed E-state index contributed by atoms with van der Waals surface area (Å²) in [5.41, 5.74) is 5.33. The maximum absolute atomic E-state index is 12.1. The van der Waals surface area contributed by atoms with Gasteiger partial charge in [-0.1, -0.05) is 0 Å². The van der Waals surface area contributed by atoms with Gasteiger partial charge in [-0.15, -0.1) is 0 Å². The molecule has 2 atom stereocenters. The molecular formula is C22H36N10O11. The Kier molecular flexibility index (Phi) is 18.0. The molecule has 12 N–H and O–H groups in total. The Morgan fingerprint density at radius 2 is 0.744 bits per heavy atom. The molecule has 21 heteroatoms. The molecule has 0 saturated carbocycles. The van der Waals surface area contributed by atoms with E-state index in [4.69, 9.17) is 10.8 Å². The van der Waals surface area contributed by atoms with E-state index in [1.807, 2.05) is 5.32 Å². The molecule has 0 fully saturated rings. The highest BCUT2D eigenvalue weighted by molar-refractivity contribution is 5.94. The van der Waals surface area contributed by atoms with Gasteiger partial charge in [-0.2, -0.15) is 0 Å². The Balaban J connectivity index is 4.11. The number of rotatable bonds is 19. The number of nitrogens with one attached hydrogen (secondary N) is 9. The molecule has 0 aliphatic rings. The van der Waals surface area contributed by atoms with E-state index in [0.29, 0.717) is 0 Å². The fraction of sp³-hybridized carbons (Fsp3) is 0.545. The predicted octanol–water partition coefficient (Wildman–Crippen LogP) is -8.15. The standard InChI is InChI=1S/C22H36N10O11/c1-11(23)21(42)30-7-17(37)26-3-13(33)24-5-15(35)28-9-19(39)32-12(2)22(43)31-8-18(38)27-4-14(34)25-6-16(36)29-10-20(40)41/h11-12H,3-10,23H2,1-2H3,(H,24,33)(H,25,34)(H,26,37)(H,27,38)(H,28,35)(H,29,36)(H,30,42)(H,31,43)(H,32,39)(H,40,41)/t11-,12-/m0/s1. The van der Waals surface area contributed by atoms with Crippen LogP contribution >= 0.6 is 0 Å². The molecule has 9 amide bonds. The van der Waals surface area contributed by atoms with Gasteiger partial charge in [0, 0.05) is 0 Å². The molecule has 0 aromatic carbocycles. The van der Waals surface area contributed by atoms with Gasteiger partial charge >= 0.3 is 5.97 Å². The van der Waals surface area contributed by atoms with Gasteiger partial charge in [-0.25, -0.2) is 0 Å². The van der Waals surface area contributed by atoms with Crippen LogP contribution in [0.25, 0.3) is 0 Å². The monoisotopic (exact) mass is 616 g/mol. The molecule has 0 spiro atoms. The van der Waals surface area contributed by atoms with Crippen molar-refractivity contribution in [1.29, 1.82) is 0 Å². The van der Waals surface area contributed by atoms with Crippen LogP contribution in [-0.4, -0.2) is 129 Å². The van der Waals surface area contributed by atoms with Crippen LogP contribution in [-0.2, 0) is 47.9 Å². The highest BCUT2D eigenvalue weighted by atomic mass is 16.4. The van der Waals surface area contributed by atoms with Gasteiger partial charge < -0.3 is 58.7 Å². The van der Waals surface area contributed by atoms with Crippen molar-refractivity contribution in [3.63, 3.8) is 0 Å². The Hall–Kier alpha value is -5.34. The van der Waals surface area contributed by atoms with E-state index in [9.17, 15) is 47.9 Å². The first-order valence-electron chi connectivity index (χ1n) is 12.5. The lowest BCUT2D eigenvalue weighted by atomic mass is 10.3. The van der Waals surface area contributed by atoms with Gasteiger partial charge in [-0.3, -0.25) is 47.9 Å². The van der Waals surface area contributed by atoms with Crippen LogP contribution in [0.3, 0.4) is 0 Å². The number of aliphatic carboxylic acids is 1. The van der Waals surface area contributed by atoms with Crippen molar-refractivity contribution in [2.24, 2.45) is 5.73 Å². The molecule has 0 aliphatic heterocycles. The second kappa shape index (κ2) is 20.5. The van der Waals surface area contributed by atoms with Crippen LogP contribution in [0.15, 0.2) is 0 Å². The van der Waals surface area contributed by atoms with Crippen molar-refractivity contribution in [3.8, 4) is 0 Å². The number of carboxylic acid groups (broad SMARTS) is 1. The van der Waals surface area contributed by atoms with Gasteiger partial charge in [0.25, 0.3) is 0 Å². The maximum Gasteiger partial charge on any atom is 0.322 e. The number of hydrogen-bond donors (Lipinski definition) is 11. The zero-order chi connectivity index (χ0) is 32.9. The van der Waals surface area contributed by atoms with E-state index in [2.05, 4.69) is 42.5 Å². The van der Waals surface area contributed by atoms with Crippen LogP contribution in [0.1, 0.15) is 13.8 Å². The number of nitrogens with two attached hydrogens (primary N) is 1. The van der Waals surface area contributed by atoms with Crippen molar-refractivity contribution in [1.82, 2.24) is 47.9 Å². The minimum absolute atomic E-state index is 0.395. The second-order valence-electron chi connectivity index (χ2n) is 8.57. The number of hydrogen-bond acceptors (Lipinski definition) is 11. The average Bonchev–Trinajstić information content (AvgIpc) is 2.95. The summed E-state index contributed by atoms with van der Waals surface area (Å²) >= 11 is 0. The first-order chi connectivity index (χ1) is 20.1. The third-order valence-corrected chi connectivity index (χ3v) is 4.70. The Morgan fingerprint density at radius 1 is 0.465 bits per heavy atom. The van der Waals surface area contributed by atoms with Gasteiger partial charge in [0.2, 0.25) is 53.2 Å². The quantitative estimate of drug-likeness (QED) is 0.0644. The smallest absolute Gasteiger partial charge is 0.322 e. The molecule has 0 bridgehead atoms. The number of carboxylic acids is 1. The molecule has 0 aromatic heterocycles. The molecule has 21 nitrogen and oxygen atoms in total. The van der Waals surface area contributed by atoms with Crippen LogP contribution in [0.5, 0.6) is 0 Å². The maximum atomic E-state index is 12.1. The van der Waals surface area contributed by atoms with Crippen molar-refractivity contribution in [3.05, 3.63) is 0 Å². The fourth-order valence-corrected chi connectivity index (χ4v) is 2.45. The Labute approximate surface area is 244 Å². The molecule has 240 valence electrons. The molecular weight excluding hydrogens is 580 g/mol. The third kappa shape index (κ3) is 20.2. The van der Waals surface area contributed by atoms with E-state index < -0.39 is 124 Å². The summed E-state index contributed by atoms with van der Waals surface area (Å²) in [4.78, 5) is 115. The van der Waals surface area contributed by atoms with Crippen LogP contribution < -0.4 is 53.6 Å². The van der Waals surface area contributed by atoms with Crippen molar-refractivity contribution < 1.29 is 53.1 Å². The van der Waals surface area contributed by atoms with E-state index in [0.717, 1.165) is 0 Å². The lowest BCUT2D eigenvalue weighted by Crippen LogP contribution is -2.51. The zero-order valence-electron chi connectivity index (χ0n) is 23.4. The van der Waals surface area contributed by atoms with Crippen molar-refractivity contribution in [2.45, 2.75) is 25.9 Å². The predicted molar refractivity (Wildman–Crippen MR) is 143 cm³/mol. The second-order valence-corrected chi connectivity index (χ2v) is 8.57. The van der Waals surface area contributed by atoms with E-state index in [1.54, 1.807) is 0 Å². The molecule has 0 rings (SSSR count). The molecule has 0 saturated heterocycles. The van der Waals surface area contributed by atoms with Gasteiger partial charge in [0.05, 0.1) is 51.9 Å². The highest BCUT2D eigenvalue weighted by Gasteiger charge is 2.17.